The number of benzene rings is 7. The molecule has 56 heavy (non-hydrogen) atoms. The normalized spacial score (nSPS) is 14.4. The highest BCUT2D eigenvalue weighted by atomic mass is 32.1. The molecule has 2 aromatic heterocycles. The lowest BCUT2D eigenvalue weighted by Gasteiger charge is -2.11. The summed E-state index contributed by atoms with van der Waals surface area (Å²) in [6.07, 6.45) is 8.82. The maximum Gasteiger partial charge on any atom is 0.164 e. The quantitative estimate of drug-likeness (QED) is 0.164. The van der Waals surface area contributed by atoms with Gasteiger partial charge in [-0.2, -0.15) is 0 Å². The van der Waals surface area contributed by atoms with Crippen LogP contribution in [0.2, 0.25) is 0 Å². The first-order chi connectivity index (χ1) is 27.7. The molecular weight excluding hydrogens is 699 g/mol. The largest absolute Gasteiger partial charge is 0.208 e. The molecule has 9 aromatic rings. The summed E-state index contributed by atoms with van der Waals surface area (Å²) in [5, 5.41) is 2.38. The van der Waals surface area contributed by atoms with Gasteiger partial charge in [-0.1, -0.05) is 164 Å². The second kappa shape index (κ2) is 13.4. The maximum atomic E-state index is 5.15. The molecule has 0 N–H and O–H groups in total. The van der Waals surface area contributed by atoms with Crippen LogP contribution >= 0.6 is 11.3 Å². The molecule has 1 atom stereocenters. The lowest BCUT2D eigenvalue weighted by atomic mass is 9.95. The number of thiophene rings is 1. The van der Waals surface area contributed by atoms with Gasteiger partial charge in [-0.3, -0.25) is 0 Å². The molecule has 0 spiro atoms. The van der Waals surface area contributed by atoms with Gasteiger partial charge in [0.2, 0.25) is 0 Å². The van der Waals surface area contributed by atoms with Gasteiger partial charge in [-0.25, -0.2) is 15.0 Å². The minimum Gasteiger partial charge on any atom is -0.208 e. The first-order valence-electron chi connectivity index (χ1n) is 19.0. The van der Waals surface area contributed by atoms with Gasteiger partial charge in [0.1, 0.15) is 0 Å². The predicted molar refractivity (Wildman–Crippen MR) is 234 cm³/mol. The van der Waals surface area contributed by atoms with Gasteiger partial charge in [0.25, 0.3) is 0 Å². The van der Waals surface area contributed by atoms with Gasteiger partial charge in [0, 0.05) is 42.8 Å². The Kier molecular flexibility index (Phi) is 7.75. The van der Waals surface area contributed by atoms with Gasteiger partial charge in [-0.15, -0.1) is 11.3 Å². The molecule has 2 heterocycles. The van der Waals surface area contributed by atoms with Crippen LogP contribution in [0.1, 0.15) is 5.82 Å². The Balaban J connectivity index is 0.973. The van der Waals surface area contributed by atoms with E-state index in [4.69, 9.17) is 15.0 Å². The number of aromatic nitrogens is 3. The Labute approximate surface area is 329 Å². The molecule has 4 heteroatoms. The Bertz CT molecular complexity index is 3060. The zero-order valence-electron chi connectivity index (χ0n) is 30.3. The van der Waals surface area contributed by atoms with E-state index in [2.05, 4.69) is 176 Å². The Hall–Kier alpha value is -7.01. The fraction of sp³-hybridized carbons (Fsp3) is 0.0192. The second-order valence-electron chi connectivity index (χ2n) is 14.4. The first kappa shape index (κ1) is 32.4. The van der Waals surface area contributed by atoms with Crippen molar-refractivity contribution in [2.24, 2.45) is 5.92 Å². The summed E-state index contributed by atoms with van der Waals surface area (Å²) >= 11 is 1.81. The minimum atomic E-state index is 0.387. The number of allylic oxidation sites excluding steroid dienone is 6. The fourth-order valence-electron chi connectivity index (χ4n) is 7.83. The molecule has 11 rings (SSSR count). The standard InChI is InChI=1S/C52H33N3S/c1-3-10-33(11-4-1)34-20-22-35(23-21-34)37-14-7-15-38(28-37)39-16-8-17-40(29-39)42-26-27-47-46(32-42)49-45(18-9-19-48(49)56-47)52-54-50(36-12-5-2-6-13-36)53-51(55-52)43-25-24-41-30-44(41)31-43/h1-32,44H/t44-/m0/s1. The van der Waals surface area contributed by atoms with Crippen LogP contribution in [0.3, 0.4) is 0 Å². The van der Waals surface area contributed by atoms with Crippen LogP contribution in [0, 0.1) is 5.92 Å². The number of nitrogens with zero attached hydrogens (tertiary/aromatic N) is 3. The zero-order chi connectivity index (χ0) is 37.0. The third kappa shape index (κ3) is 5.97. The van der Waals surface area contributed by atoms with E-state index in [1.165, 1.54) is 70.3 Å². The van der Waals surface area contributed by atoms with E-state index in [1.807, 2.05) is 29.5 Å². The summed E-state index contributed by atoms with van der Waals surface area (Å²) in [6.45, 7) is 0. The molecule has 0 amide bonds. The molecule has 2 aliphatic carbocycles. The van der Waals surface area contributed by atoms with Crippen LogP contribution in [0.5, 0.6) is 0 Å². The molecule has 7 aromatic carbocycles. The average Bonchev–Trinajstić information content (AvgIpc) is 3.97. The molecule has 0 aliphatic heterocycles. The van der Waals surface area contributed by atoms with Crippen molar-refractivity contribution in [3.8, 4) is 67.3 Å². The van der Waals surface area contributed by atoms with Crippen molar-refractivity contribution < 1.29 is 0 Å². The highest BCUT2D eigenvalue weighted by Gasteiger charge is 2.25. The highest BCUT2D eigenvalue weighted by molar-refractivity contribution is 7.26. The van der Waals surface area contributed by atoms with Crippen LogP contribution in [-0.2, 0) is 0 Å². The summed E-state index contributed by atoms with van der Waals surface area (Å²) in [7, 11) is 0. The number of hydrogen-bond donors (Lipinski definition) is 0. The number of hydrogen-bond acceptors (Lipinski definition) is 4. The van der Waals surface area contributed by atoms with E-state index >= 15 is 0 Å². The number of fused-ring (bicyclic) bond motifs is 4. The smallest absolute Gasteiger partial charge is 0.164 e. The SMILES string of the molecule is C1=CC2=C[C@H]2C=C1c1nc(-c2ccccc2)nc(-c2cccc3sc4ccc(-c5cccc(-c6cccc(-c7ccc(-c8ccccc8)cc7)c6)c5)cc4c23)n1. The Morgan fingerprint density at radius 1 is 0.375 bits per heavy atom. The molecule has 262 valence electrons. The summed E-state index contributed by atoms with van der Waals surface area (Å²) < 4.78 is 2.45. The van der Waals surface area contributed by atoms with Gasteiger partial charge in [0.05, 0.1) is 0 Å². The van der Waals surface area contributed by atoms with E-state index in [9.17, 15) is 0 Å². The van der Waals surface area contributed by atoms with Gasteiger partial charge < -0.3 is 0 Å². The van der Waals surface area contributed by atoms with Crippen molar-refractivity contribution >= 4 is 37.1 Å². The summed E-state index contributed by atoms with van der Waals surface area (Å²) in [4.78, 5) is 15.3. The van der Waals surface area contributed by atoms with Gasteiger partial charge >= 0.3 is 0 Å². The van der Waals surface area contributed by atoms with Crippen molar-refractivity contribution in [1.29, 1.82) is 0 Å². The molecule has 0 saturated heterocycles. The first-order valence-corrected chi connectivity index (χ1v) is 19.8. The Morgan fingerprint density at radius 2 is 0.911 bits per heavy atom. The molecule has 2 aliphatic rings. The molecule has 0 fully saturated rings. The summed E-state index contributed by atoms with van der Waals surface area (Å²) in [5.74, 6) is 2.45. The molecule has 0 saturated carbocycles. The van der Waals surface area contributed by atoms with E-state index in [-0.39, 0.29) is 0 Å². The molecule has 0 radical (unpaired) electrons. The predicted octanol–water partition coefficient (Wildman–Crippen LogP) is 13.8. The molecule has 0 unspecified atom stereocenters. The molecule has 3 nitrogen and oxygen atoms in total. The molecular formula is C52H33N3S. The van der Waals surface area contributed by atoms with Crippen LogP contribution in [-0.4, -0.2) is 15.0 Å². The van der Waals surface area contributed by atoms with Crippen molar-refractivity contribution in [1.82, 2.24) is 15.0 Å². The summed E-state index contributed by atoms with van der Waals surface area (Å²) in [5.41, 5.74) is 14.0. The molecule has 0 bridgehead atoms. The highest BCUT2D eigenvalue weighted by Crippen LogP contribution is 2.43. The van der Waals surface area contributed by atoms with Crippen molar-refractivity contribution in [2.45, 2.75) is 0 Å². The lowest BCUT2D eigenvalue weighted by molar-refractivity contribution is 1.03. The number of rotatable bonds is 7. The topological polar surface area (TPSA) is 38.7 Å². The Morgan fingerprint density at radius 3 is 1.61 bits per heavy atom. The summed E-state index contributed by atoms with van der Waals surface area (Å²) in [6, 6.07) is 60.7. The van der Waals surface area contributed by atoms with E-state index in [0.29, 0.717) is 23.4 Å². The van der Waals surface area contributed by atoms with Crippen LogP contribution in [0.25, 0.3) is 93.0 Å². The van der Waals surface area contributed by atoms with Crippen molar-refractivity contribution in [2.75, 3.05) is 0 Å². The zero-order valence-corrected chi connectivity index (χ0v) is 31.1. The second-order valence-corrected chi connectivity index (χ2v) is 15.5. The van der Waals surface area contributed by atoms with Crippen LogP contribution < -0.4 is 0 Å². The third-order valence-corrected chi connectivity index (χ3v) is 12.0. The lowest BCUT2D eigenvalue weighted by Crippen LogP contribution is -2.03. The fourth-order valence-corrected chi connectivity index (χ4v) is 8.94. The average molecular weight is 732 g/mol. The maximum absolute atomic E-state index is 5.15. The van der Waals surface area contributed by atoms with Gasteiger partial charge in [-0.05, 0) is 80.4 Å². The van der Waals surface area contributed by atoms with Gasteiger partial charge in [0.15, 0.2) is 17.5 Å². The van der Waals surface area contributed by atoms with Crippen LogP contribution in [0.15, 0.2) is 200 Å². The van der Waals surface area contributed by atoms with Crippen molar-refractivity contribution in [3.05, 3.63) is 206 Å². The monoisotopic (exact) mass is 731 g/mol. The van der Waals surface area contributed by atoms with E-state index < -0.39 is 0 Å². The van der Waals surface area contributed by atoms with E-state index in [0.717, 1.165) is 16.7 Å². The van der Waals surface area contributed by atoms with E-state index in [1.54, 1.807) is 0 Å². The third-order valence-electron chi connectivity index (χ3n) is 10.8. The van der Waals surface area contributed by atoms with Crippen molar-refractivity contribution in [3.63, 3.8) is 0 Å². The minimum absolute atomic E-state index is 0.387. The van der Waals surface area contributed by atoms with Crippen LogP contribution in [0.4, 0.5) is 0 Å².